The van der Waals surface area contributed by atoms with Crippen molar-refractivity contribution in [1.82, 2.24) is 20.3 Å². The summed E-state index contributed by atoms with van der Waals surface area (Å²) in [5.41, 5.74) is 4.37. The summed E-state index contributed by atoms with van der Waals surface area (Å²) in [6.07, 6.45) is 6.39. The quantitative estimate of drug-likeness (QED) is 0.769. The zero-order valence-corrected chi connectivity index (χ0v) is 15.6. The maximum Gasteiger partial charge on any atom is 0.161 e. The molecule has 0 radical (unpaired) electrons. The molecule has 0 unspecified atom stereocenters. The fraction of sp³-hybridized carbons (Fsp3) is 0.286. The minimum Gasteiger partial charge on any atom is -0.493 e. The molecular weight excluding hydrogens is 340 g/mol. The topological polar surface area (TPSA) is 69.2 Å². The van der Waals surface area contributed by atoms with Crippen LogP contribution in [0.3, 0.4) is 0 Å². The van der Waals surface area contributed by atoms with E-state index in [9.17, 15) is 0 Å². The maximum absolute atomic E-state index is 5.52. The van der Waals surface area contributed by atoms with Crippen molar-refractivity contribution >= 4 is 0 Å². The Morgan fingerprint density at radius 3 is 2.41 bits per heavy atom. The van der Waals surface area contributed by atoms with Crippen molar-refractivity contribution in [2.45, 2.75) is 25.4 Å². The normalized spacial score (nSPS) is 18.6. The molecule has 0 spiro atoms. The molecule has 0 saturated heterocycles. The molecule has 0 aliphatic carbocycles. The number of pyridine rings is 1. The summed E-state index contributed by atoms with van der Waals surface area (Å²) in [6.45, 7) is 1.89. The molecule has 27 heavy (non-hydrogen) atoms. The molecule has 0 saturated carbocycles. The SMILES string of the molecule is COc1cc2c(cc1OC)[C@H](c1cnc(C)nc1)N[C@H](c1ccccn1)C2. The Balaban J connectivity index is 1.82. The molecule has 1 aliphatic rings. The number of rotatable bonds is 4. The first kappa shape index (κ1) is 17.4. The number of hydrogen-bond donors (Lipinski definition) is 1. The molecule has 1 N–H and O–H groups in total. The van der Waals surface area contributed by atoms with Gasteiger partial charge in [0.05, 0.1) is 32.0 Å². The van der Waals surface area contributed by atoms with Crippen molar-refractivity contribution in [2.75, 3.05) is 14.2 Å². The summed E-state index contributed by atoms with van der Waals surface area (Å²) in [5, 5.41) is 3.71. The second-order valence-corrected chi connectivity index (χ2v) is 6.58. The van der Waals surface area contributed by atoms with Gasteiger partial charge >= 0.3 is 0 Å². The lowest BCUT2D eigenvalue weighted by Gasteiger charge is -2.33. The average molecular weight is 362 g/mol. The van der Waals surface area contributed by atoms with Gasteiger partial charge in [0, 0.05) is 24.2 Å². The van der Waals surface area contributed by atoms with Gasteiger partial charge in [-0.25, -0.2) is 9.97 Å². The predicted octanol–water partition coefficient (Wildman–Crippen LogP) is 3.17. The van der Waals surface area contributed by atoms with Gasteiger partial charge in [0.2, 0.25) is 0 Å². The molecule has 6 heteroatoms. The van der Waals surface area contributed by atoms with Crippen LogP contribution in [0, 0.1) is 6.92 Å². The number of fused-ring (bicyclic) bond motifs is 1. The van der Waals surface area contributed by atoms with E-state index in [2.05, 4.69) is 26.3 Å². The number of ether oxygens (including phenoxy) is 2. The van der Waals surface area contributed by atoms with E-state index in [0.29, 0.717) is 5.75 Å². The summed E-state index contributed by atoms with van der Waals surface area (Å²) in [4.78, 5) is 13.3. The first-order chi connectivity index (χ1) is 13.2. The van der Waals surface area contributed by atoms with Crippen molar-refractivity contribution in [3.05, 3.63) is 77.1 Å². The Morgan fingerprint density at radius 1 is 1.00 bits per heavy atom. The van der Waals surface area contributed by atoms with Crippen molar-refractivity contribution in [3.8, 4) is 11.5 Å². The summed E-state index contributed by atoms with van der Waals surface area (Å²) in [5.74, 6) is 2.20. The molecule has 6 nitrogen and oxygen atoms in total. The van der Waals surface area contributed by atoms with Gasteiger partial charge in [-0.05, 0) is 48.7 Å². The van der Waals surface area contributed by atoms with Crippen molar-refractivity contribution in [3.63, 3.8) is 0 Å². The number of aryl methyl sites for hydroxylation is 1. The third kappa shape index (κ3) is 3.36. The van der Waals surface area contributed by atoms with Gasteiger partial charge in [-0.1, -0.05) is 6.07 Å². The first-order valence-electron chi connectivity index (χ1n) is 8.90. The Labute approximate surface area is 158 Å². The minimum atomic E-state index is -0.0545. The second-order valence-electron chi connectivity index (χ2n) is 6.58. The molecule has 1 aliphatic heterocycles. The van der Waals surface area contributed by atoms with Crippen LogP contribution in [0.1, 0.15) is 40.3 Å². The smallest absolute Gasteiger partial charge is 0.161 e. The minimum absolute atomic E-state index is 0.0545. The number of benzene rings is 1. The van der Waals surface area contributed by atoms with E-state index in [1.54, 1.807) is 14.2 Å². The first-order valence-corrected chi connectivity index (χ1v) is 8.90. The molecule has 2 atom stereocenters. The summed E-state index contributed by atoms with van der Waals surface area (Å²) in [6, 6.07) is 10.1. The fourth-order valence-electron chi connectivity index (χ4n) is 3.55. The van der Waals surface area contributed by atoms with Gasteiger partial charge in [-0.3, -0.25) is 10.3 Å². The van der Waals surface area contributed by atoms with Crippen LogP contribution in [0.15, 0.2) is 48.9 Å². The highest BCUT2D eigenvalue weighted by atomic mass is 16.5. The van der Waals surface area contributed by atoms with Gasteiger partial charge in [0.15, 0.2) is 11.5 Å². The lowest BCUT2D eigenvalue weighted by Crippen LogP contribution is -2.34. The lowest BCUT2D eigenvalue weighted by atomic mass is 9.86. The third-order valence-electron chi connectivity index (χ3n) is 4.93. The zero-order chi connectivity index (χ0) is 18.8. The van der Waals surface area contributed by atoms with Gasteiger partial charge in [0.25, 0.3) is 0 Å². The van der Waals surface area contributed by atoms with Crippen LogP contribution in [-0.2, 0) is 6.42 Å². The molecule has 0 bridgehead atoms. The molecule has 138 valence electrons. The largest absolute Gasteiger partial charge is 0.493 e. The zero-order valence-electron chi connectivity index (χ0n) is 15.6. The molecule has 1 aromatic carbocycles. The van der Waals surface area contributed by atoms with Crippen molar-refractivity contribution < 1.29 is 9.47 Å². The van der Waals surface area contributed by atoms with Crippen LogP contribution in [0.25, 0.3) is 0 Å². The Morgan fingerprint density at radius 2 is 1.74 bits per heavy atom. The van der Waals surface area contributed by atoms with Gasteiger partial charge in [-0.2, -0.15) is 0 Å². The average Bonchev–Trinajstić information content (AvgIpc) is 2.73. The Bertz CT molecular complexity index is 929. The third-order valence-corrected chi connectivity index (χ3v) is 4.93. The standard InChI is InChI=1S/C21H22N4O2/c1-13-23-11-15(12-24-13)21-16-10-20(27-3)19(26-2)9-14(16)8-18(25-21)17-6-4-5-7-22-17/h4-7,9-12,18,21,25H,8H2,1-3H3/t18-,21-/m0/s1. The van der Waals surface area contributed by atoms with Crippen LogP contribution < -0.4 is 14.8 Å². The highest BCUT2D eigenvalue weighted by Gasteiger charge is 2.30. The number of hydrogen-bond acceptors (Lipinski definition) is 6. The van der Waals surface area contributed by atoms with Crippen LogP contribution >= 0.6 is 0 Å². The van der Waals surface area contributed by atoms with E-state index in [1.807, 2.05) is 49.8 Å². The Hall–Kier alpha value is -2.99. The van der Waals surface area contributed by atoms with Gasteiger partial charge < -0.3 is 9.47 Å². The molecule has 0 amide bonds. The number of methoxy groups -OCH3 is 2. The van der Waals surface area contributed by atoms with E-state index >= 15 is 0 Å². The number of nitrogens with zero attached hydrogens (tertiary/aromatic N) is 3. The van der Waals surface area contributed by atoms with Gasteiger partial charge in [-0.15, -0.1) is 0 Å². The van der Waals surface area contributed by atoms with E-state index in [-0.39, 0.29) is 12.1 Å². The lowest BCUT2D eigenvalue weighted by molar-refractivity contribution is 0.350. The van der Waals surface area contributed by atoms with Crippen LogP contribution in [-0.4, -0.2) is 29.2 Å². The summed E-state index contributed by atoms with van der Waals surface area (Å²) >= 11 is 0. The fourth-order valence-corrected chi connectivity index (χ4v) is 3.55. The van der Waals surface area contributed by atoms with Crippen molar-refractivity contribution in [2.24, 2.45) is 0 Å². The molecule has 4 rings (SSSR count). The van der Waals surface area contributed by atoms with E-state index in [0.717, 1.165) is 34.8 Å². The predicted molar refractivity (Wildman–Crippen MR) is 102 cm³/mol. The highest BCUT2D eigenvalue weighted by Crippen LogP contribution is 2.40. The molecule has 3 aromatic rings. The number of aromatic nitrogens is 3. The van der Waals surface area contributed by atoms with E-state index in [4.69, 9.17) is 9.47 Å². The molecule has 3 heterocycles. The van der Waals surface area contributed by atoms with E-state index < -0.39 is 0 Å². The highest BCUT2D eigenvalue weighted by molar-refractivity contribution is 5.52. The van der Waals surface area contributed by atoms with Crippen LogP contribution in [0.5, 0.6) is 11.5 Å². The second kappa shape index (κ2) is 7.32. The van der Waals surface area contributed by atoms with Crippen LogP contribution in [0.4, 0.5) is 0 Å². The molecule has 2 aromatic heterocycles. The van der Waals surface area contributed by atoms with Crippen LogP contribution in [0.2, 0.25) is 0 Å². The molecule has 0 fully saturated rings. The monoisotopic (exact) mass is 362 g/mol. The van der Waals surface area contributed by atoms with Gasteiger partial charge in [0.1, 0.15) is 5.82 Å². The summed E-state index contributed by atoms with van der Waals surface area (Å²) in [7, 11) is 3.31. The number of nitrogens with one attached hydrogen (secondary N) is 1. The molecular formula is C21H22N4O2. The Kier molecular flexibility index (Phi) is 4.73. The van der Waals surface area contributed by atoms with Crippen molar-refractivity contribution in [1.29, 1.82) is 0 Å². The van der Waals surface area contributed by atoms with E-state index in [1.165, 1.54) is 5.56 Å². The summed E-state index contributed by atoms with van der Waals surface area (Å²) < 4.78 is 11.0. The maximum atomic E-state index is 5.52.